The zero-order valence-corrected chi connectivity index (χ0v) is 22.0. The van der Waals surface area contributed by atoms with Crippen molar-refractivity contribution in [1.29, 1.82) is 0 Å². The van der Waals surface area contributed by atoms with Crippen LogP contribution in [0, 0.1) is 0 Å². The van der Waals surface area contributed by atoms with Crippen LogP contribution < -0.4 is 14.4 Å². The molecule has 0 aliphatic carbocycles. The van der Waals surface area contributed by atoms with E-state index in [4.69, 9.17) is 9.47 Å². The molecule has 0 spiro atoms. The van der Waals surface area contributed by atoms with E-state index in [9.17, 15) is 9.59 Å². The quantitative estimate of drug-likeness (QED) is 0.196. The van der Waals surface area contributed by atoms with Crippen molar-refractivity contribution in [3.05, 3.63) is 58.5 Å². The Hall–Kier alpha value is -2.73. The third kappa shape index (κ3) is 7.63. The highest BCUT2D eigenvalue weighted by Gasteiger charge is 2.36. The van der Waals surface area contributed by atoms with E-state index in [0.29, 0.717) is 28.7 Å². The Morgan fingerprint density at radius 2 is 1.57 bits per heavy atom. The molecule has 1 heterocycles. The Bertz CT molecular complexity index is 1020. The topological polar surface area (TPSA) is 55.8 Å². The number of hydrogen-bond acceptors (Lipinski definition) is 5. The highest BCUT2D eigenvalue weighted by molar-refractivity contribution is 8.19. The monoisotopic (exact) mass is 495 g/mol. The Morgan fingerprint density at radius 3 is 2.29 bits per heavy atom. The van der Waals surface area contributed by atoms with Gasteiger partial charge in [-0.2, -0.15) is 0 Å². The molecule has 0 unspecified atom stereocenters. The maximum absolute atomic E-state index is 13.0. The molecule has 1 aliphatic rings. The molecular formula is C29H37NO4S. The fourth-order valence-corrected chi connectivity index (χ4v) is 4.83. The van der Waals surface area contributed by atoms with Gasteiger partial charge in [0.2, 0.25) is 0 Å². The van der Waals surface area contributed by atoms with Gasteiger partial charge in [-0.15, -0.1) is 0 Å². The first-order chi connectivity index (χ1) is 17.1. The number of aryl methyl sites for hydroxylation is 1. The Morgan fingerprint density at radius 1 is 0.857 bits per heavy atom. The summed E-state index contributed by atoms with van der Waals surface area (Å²) in [5.41, 5.74) is 2.60. The van der Waals surface area contributed by atoms with Gasteiger partial charge in [0, 0.05) is 0 Å². The van der Waals surface area contributed by atoms with Crippen LogP contribution in [0.15, 0.2) is 47.4 Å². The standard InChI is InChI=1S/C29H37NO4S/c1-4-6-8-9-10-11-19-34-25-18-15-23(20-26(25)33-3)21-27-28(31)30(29(32)35-27)24-16-13-22(14-17-24)12-7-5-2/h13-18,20-21H,4-12,19H2,1-3H3/b27-21-. The van der Waals surface area contributed by atoms with Crippen molar-refractivity contribution in [2.45, 2.75) is 71.6 Å². The fraction of sp³-hybridized carbons (Fsp3) is 0.448. The number of hydrogen-bond donors (Lipinski definition) is 0. The molecule has 0 atom stereocenters. The molecule has 188 valence electrons. The number of carbonyl (C=O) groups is 2. The van der Waals surface area contributed by atoms with Crippen molar-refractivity contribution in [2.24, 2.45) is 0 Å². The SMILES string of the molecule is CCCCCCCCOc1ccc(/C=C2\SC(=O)N(c3ccc(CCCC)cc3)C2=O)cc1OC. The molecule has 1 aliphatic heterocycles. The summed E-state index contributed by atoms with van der Waals surface area (Å²) in [6.45, 7) is 5.03. The minimum atomic E-state index is -0.302. The largest absolute Gasteiger partial charge is 0.493 e. The van der Waals surface area contributed by atoms with Gasteiger partial charge in [-0.25, -0.2) is 4.90 Å². The van der Waals surface area contributed by atoms with Gasteiger partial charge in [0.1, 0.15) is 0 Å². The third-order valence-corrected chi connectivity index (χ3v) is 6.92. The lowest BCUT2D eigenvalue weighted by atomic mass is 10.1. The van der Waals surface area contributed by atoms with Crippen LogP contribution in [0.2, 0.25) is 0 Å². The molecule has 2 aromatic carbocycles. The van der Waals surface area contributed by atoms with E-state index < -0.39 is 0 Å². The van der Waals surface area contributed by atoms with Gasteiger partial charge in [-0.05, 0) is 72.5 Å². The number of unbranched alkanes of at least 4 members (excludes halogenated alkanes) is 6. The lowest BCUT2D eigenvalue weighted by Crippen LogP contribution is -2.27. The molecule has 0 N–H and O–H groups in total. The molecule has 0 bridgehead atoms. The van der Waals surface area contributed by atoms with Gasteiger partial charge in [0.05, 0.1) is 24.3 Å². The lowest BCUT2D eigenvalue weighted by molar-refractivity contribution is -0.113. The number of imide groups is 1. The van der Waals surface area contributed by atoms with Gasteiger partial charge in [-0.3, -0.25) is 9.59 Å². The number of methoxy groups -OCH3 is 1. The van der Waals surface area contributed by atoms with Crippen LogP contribution in [0.25, 0.3) is 6.08 Å². The van der Waals surface area contributed by atoms with Crippen LogP contribution in [-0.4, -0.2) is 24.9 Å². The summed E-state index contributed by atoms with van der Waals surface area (Å²) >= 11 is 0.959. The number of nitrogens with zero attached hydrogens (tertiary/aromatic N) is 1. The van der Waals surface area contributed by atoms with E-state index in [1.165, 1.54) is 36.1 Å². The molecule has 1 saturated heterocycles. The number of rotatable bonds is 14. The number of amides is 2. The number of ether oxygens (including phenoxy) is 2. The average molecular weight is 496 g/mol. The summed E-state index contributed by atoms with van der Waals surface area (Å²) in [6, 6.07) is 13.3. The van der Waals surface area contributed by atoms with Gasteiger partial charge < -0.3 is 9.47 Å². The highest BCUT2D eigenvalue weighted by atomic mass is 32.2. The lowest BCUT2D eigenvalue weighted by Gasteiger charge is -2.13. The predicted molar refractivity (Wildman–Crippen MR) is 145 cm³/mol. The van der Waals surface area contributed by atoms with E-state index in [0.717, 1.165) is 49.4 Å². The summed E-state index contributed by atoms with van der Waals surface area (Å²) in [7, 11) is 1.61. The predicted octanol–water partition coefficient (Wildman–Crippen LogP) is 8.02. The van der Waals surface area contributed by atoms with Crippen LogP contribution in [0.4, 0.5) is 10.5 Å². The summed E-state index contributed by atoms with van der Waals surface area (Å²) in [5, 5.41) is -0.284. The van der Waals surface area contributed by atoms with E-state index in [2.05, 4.69) is 13.8 Å². The summed E-state index contributed by atoms with van der Waals surface area (Å²) in [6.07, 6.45) is 12.2. The highest BCUT2D eigenvalue weighted by Crippen LogP contribution is 2.37. The summed E-state index contributed by atoms with van der Waals surface area (Å²) < 4.78 is 11.4. The normalized spacial score (nSPS) is 14.7. The van der Waals surface area contributed by atoms with Crippen LogP contribution >= 0.6 is 11.8 Å². The van der Waals surface area contributed by atoms with Crippen LogP contribution in [0.1, 0.15) is 76.3 Å². The molecule has 0 saturated carbocycles. The average Bonchev–Trinajstić information content (AvgIpc) is 3.15. The van der Waals surface area contributed by atoms with Gasteiger partial charge in [-0.1, -0.05) is 70.6 Å². The maximum Gasteiger partial charge on any atom is 0.298 e. The molecule has 6 heteroatoms. The van der Waals surface area contributed by atoms with Crippen molar-refractivity contribution >= 4 is 34.7 Å². The summed E-state index contributed by atoms with van der Waals surface area (Å²) in [5.74, 6) is 1.00. The zero-order valence-electron chi connectivity index (χ0n) is 21.2. The molecule has 0 aromatic heterocycles. The third-order valence-electron chi connectivity index (χ3n) is 6.05. The van der Waals surface area contributed by atoms with Crippen LogP contribution in [-0.2, 0) is 11.2 Å². The van der Waals surface area contributed by atoms with Gasteiger partial charge in [0.25, 0.3) is 11.1 Å². The van der Waals surface area contributed by atoms with Crippen molar-refractivity contribution in [1.82, 2.24) is 0 Å². The number of benzene rings is 2. The molecular weight excluding hydrogens is 458 g/mol. The van der Waals surface area contributed by atoms with E-state index in [1.54, 1.807) is 13.2 Å². The van der Waals surface area contributed by atoms with E-state index >= 15 is 0 Å². The zero-order chi connectivity index (χ0) is 25.0. The molecule has 2 amide bonds. The first-order valence-electron chi connectivity index (χ1n) is 12.7. The van der Waals surface area contributed by atoms with Crippen molar-refractivity contribution in [2.75, 3.05) is 18.6 Å². The van der Waals surface area contributed by atoms with Crippen LogP contribution in [0.3, 0.4) is 0 Å². The second-order valence-corrected chi connectivity index (χ2v) is 9.81. The molecule has 0 radical (unpaired) electrons. The smallest absolute Gasteiger partial charge is 0.298 e. The molecule has 3 rings (SSSR count). The first-order valence-corrected chi connectivity index (χ1v) is 13.6. The molecule has 2 aromatic rings. The minimum Gasteiger partial charge on any atom is -0.493 e. The first kappa shape index (κ1) is 26.9. The van der Waals surface area contributed by atoms with Crippen LogP contribution in [0.5, 0.6) is 11.5 Å². The Kier molecular flexibility index (Phi) is 10.7. The number of anilines is 1. The fourth-order valence-electron chi connectivity index (χ4n) is 3.99. The van der Waals surface area contributed by atoms with Gasteiger partial charge in [0.15, 0.2) is 11.5 Å². The molecule has 5 nitrogen and oxygen atoms in total. The van der Waals surface area contributed by atoms with E-state index in [-0.39, 0.29) is 11.1 Å². The Balaban J connectivity index is 1.63. The van der Waals surface area contributed by atoms with Crippen molar-refractivity contribution < 1.29 is 19.1 Å². The Labute approximate surface area is 213 Å². The maximum atomic E-state index is 13.0. The minimum absolute atomic E-state index is 0.284. The van der Waals surface area contributed by atoms with Crippen molar-refractivity contribution in [3.8, 4) is 11.5 Å². The summed E-state index contributed by atoms with van der Waals surface area (Å²) in [4.78, 5) is 27.3. The van der Waals surface area contributed by atoms with E-state index in [1.807, 2.05) is 42.5 Å². The molecule has 35 heavy (non-hydrogen) atoms. The second kappa shape index (κ2) is 14.0. The molecule has 1 fully saturated rings. The van der Waals surface area contributed by atoms with Gasteiger partial charge >= 0.3 is 0 Å². The number of thioether (sulfide) groups is 1. The second-order valence-electron chi connectivity index (χ2n) is 8.81. The number of carbonyl (C=O) groups excluding carboxylic acids is 2. The van der Waals surface area contributed by atoms with Crippen molar-refractivity contribution in [3.63, 3.8) is 0 Å².